The molecule has 0 unspecified atom stereocenters. The van der Waals surface area contributed by atoms with E-state index in [1.807, 2.05) is 41.5 Å². The molecular weight excluding hydrogens is 552 g/mol. The predicted octanol–water partition coefficient (Wildman–Crippen LogP) is 6.61. The number of fused-ring (bicyclic) bond motifs is 1. The lowest BCUT2D eigenvalue weighted by Crippen LogP contribution is -2.17. The van der Waals surface area contributed by atoms with Gasteiger partial charge >= 0.3 is 20.5 Å². The first-order valence-electron chi connectivity index (χ1n) is 12.5. The van der Waals surface area contributed by atoms with E-state index < -0.39 is 32.0 Å². The second-order valence-corrected chi connectivity index (χ2v) is 14.1. The molecule has 0 aromatic heterocycles. The van der Waals surface area contributed by atoms with E-state index in [-0.39, 0.29) is 38.0 Å². The molecule has 0 radical (unpaired) electrons. The molecule has 4 aromatic carbocycles. The summed E-state index contributed by atoms with van der Waals surface area (Å²) in [7, 11) is -8.93. The highest BCUT2D eigenvalue weighted by Gasteiger charge is 2.25. The summed E-state index contributed by atoms with van der Waals surface area (Å²) in [5.41, 5.74) is 1.77. The average molecular weight is 585 g/mol. The number of hydrogen-bond acceptors (Lipinski definition) is 8. The van der Waals surface area contributed by atoms with Crippen LogP contribution >= 0.6 is 0 Å². The Balaban J connectivity index is 1.59. The topological polar surface area (TPSA) is 116 Å². The van der Waals surface area contributed by atoms with Gasteiger partial charge in [0.2, 0.25) is 0 Å². The summed E-state index contributed by atoms with van der Waals surface area (Å²) in [6.45, 7) is 12.2. The lowest BCUT2D eigenvalue weighted by Gasteiger charge is -2.19. The van der Waals surface area contributed by atoms with Crippen molar-refractivity contribution in [2.75, 3.05) is 0 Å². The van der Waals surface area contributed by atoms with Crippen LogP contribution in [0, 0.1) is 0 Å². The molecule has 0 aliphatic carbocycles. The third-order valence-corrected chi connectivity index (χ3v) is 8.35. The fraction of sp³-hybridized carbons (Fsp3) is 0.267. The van der Waals surface area contributed by atoms with Gasteiger partial charge in [0, 0.05) is 10.8 Å². The maximum absolute atomic E-state index is 13.2. The Labute approximate surface area is 235 Å². The van der Waals surface area contributed by atoms with Crippen molar-refractivity contribution < 1.29 is 34.5 Å². The lowest BCUT2D eigenvalue weighted by atomic mass is 9.87. The minimum atomic E-state index is -4.62. The zero-order valence-corrected chi connectivity index (χ0v) is 24.8. The molecule has 40 heavy (non-hydrogen) atoms. The summed E-state index contributed by atoms with van der Waals surface area (Å²) < 4.78 is 66.9. The van der Waals surface area contributed by atoms with Gasteiger partial charge in [0.15, 0.2) is 11.5 Å². The molecule has 0 saturated carbocycles. The number of hydrogen-bond donors (Lipinski definition) is 1. The highest BCUT2D eigenvalue weighted by molar-refractivity contribution is 7.87. The Morgan fingerprint density at radius 3 is 1.57 bits per heavy atom. The number of phenolic OH excluding ortho intramolecular Hbond substituents is 1. The second kappa shape index (κ2) is 10.3. The quantitative estimate of drug-likeness (QED) is 0.241. The van der Waals surface area contributed by atoms with E-state index in [1.54, 1.807) is 36.4 Å². The Kier molecular flexibility index (Phi) is 7.55. The standard InChI is InChI=1S/C30H32O8S2/c1-29(2,3)20-10-14-22(15-11-20)36-39(32,33)27-9-7-8-25-24(27)18-19-26(28(25)31)38-40(34,35)37-23-16-12-21(13-17-23)30(4,5)6/h7-19,31H,1-6H3. The Morgan fingerprint density at radius 1 is 0.575 bits per heavy atom. The summed E-state index contributed by atoms with van der Waals surface area (Å²) in [5.74, 6) is -0.825. The molecule has 0 heterocycles. The maximum atomic E-state index is 13.2. The molecule has 0 fully saturated rings. The molecule has 1 N–H and O–H groups in total. The molecule has 8 nitrogen and oxygen atoms in total. The van der Waals surface area contributed by atoms with Gasteiger partial charge in [-0.25, -0.2) is 0 Å². The van der Waals surface area contributed by atoms with E-state index in [1.165, 1.54) is 36.4 Å². The van der Waals surface area contributed by atoms with Crippen LogP contribution in [0.4, 0.5) is 0 Å². The summed E-state index contributed by atoms with van der Waals surface area (Å²) in [6, 6.07) is 19.9. The van der Waals surface area contributed by atoms with Crippen molar-refractivity contribution in [3.8, 4) is 23.0 Å². The normalized spacial score (nSPS) is 12.8. The van der Waals surface area contributed by atoms with Crippen molar-refractivity contribution >= 4 is 31.3 Å². The monoisotopic (exact) mass is 584 g/mol. The molecule has 4 rings (SSSR count). The van der Waals surface area contributed by atoms with Gasteiger partial charge < -0.3 is 17.7 Å². The van der Waals surface area contributed by atoms with Gasteiger partial charge in [-0.05, 0) is 64.4 Å². The van der Waals surface area contributed by atoms with Crippen LogP contribution in [0.25, 0.3) is 10.8 Å². The molecule has 10 heteroatoms. The third kappa shape index (κ3) is 6.51. The van der Waals surface area contributed by atoms with Crippen molar-refractivity contribution in [3.63, 3.8) is 0 Å². The number of aromatic hydroxyl groups is 1. The third-order valence-electron chi connectivity index (χ3n) is 6.26. The molecule has 0 aliphatic heterocycles. The van der Waals surface area contributed by atoms with Gasteiger partial charge in [-0.2, -0.15) is 8.42 Å². The van der Waals surface area contributed by atoms with Gasteiger partial charge in [-0.3, -0.25) is 0 Å². The first kappa shape index (κ1) is 29.2. The predicted molar refractivity (Wildman–Crippen MR) is 154 cm³/mol. The first-order chi connectivity index (χ1) is 18.5. The second-order valence-electron chi connectivity index (χ2n) is 11.4. The van der Waals surface area contributed by atoms with E-state index in [4.69, 9.17) is 12.5 Å². The van der Waals surface area contributed by atoms with Gasteiger partial charge in [-0.15, -0.1) is 8.42 Å². The van der Waals surface area contributed by atoms with Crippen molar-refractivity contribution in [2.45, 2.75) is 57.3 Å². The van der Waals surface area contributed by atoms with E-state index in [9.17, 15) is 21.9 Å². The fourth-order valence-corrected chi connectivity index (χ4v) is 5.90. The van der Waals surface area contributed by atoms with Crippen LogP contribution in [0.1, 0.15) is 52.7 Å². The van der Waals surface area contributed by atoms with Crippen molar-refractivity contribution in [3.05, 3.63) is 90.0 Å². The molecule has 4 aromatic rings. The Hall–Kier alpha value is -3.76. The molecule has 0 bridgehead atoms. The zero-order valence-electron chi connectivity index (χ0n) is 23.1. The van der Waals surface area contributed by atoms with Crippen LogP contribution in [-0.2, 0) is 31.3 Å². The zero-order chi connectivity index (χ0) is 29.5. The van der Waals surface area contributed by atoms with E-state index in [0.717, 1.165) is 17.2 Å². The van der Waals surface area contributed by atoms with Crippen LogP contribution < -0.4 is 12.5 Å². The summed E-state index contributed by atoms with van der Waals surface area (Å²) in [5, 5.41) is 11.0. The highest BCUT2D eigenvalue weighted by Crippen LogP contribution is 2.38. The van der Waals surface area contributed by atoms with Gasteiger partial charge in [0.25, 0.3) is 0 Å². The number of rotatable bonds is 7. The Bertz CT molecular complexity index is 1740. The summed E-state index contributed by atoms with van der Waals surface area (Å²) >= 11 is 0. The molecular formula is C30H32O8S2. The van der Waals surface area contributed by atoms with E-state index in [0.29, 0.717) is 0 Å². The van der Waals surface area contributed by atoms with Crippen LogP contribution in [0.3, 0.4) is 0 Å². The fourth-order valence-electron chi connectivity index (χ4n) is 4.02. The van der Waals surface area contributed by atoms with Crippen molar-refractivity contribution in [1.82, 2.24) is 0 Å². The van der Waals surface area contributed by atoms with E-state index >= 15 is 0 Å². The minimum Gasteiger partial charge on any atom is -0.504 e. The van der Waals surface area contributed by atoms with Crippen LogP contribution in [0.15, 0.2) is 83.8 Å². The van der Waals surface area contributed by atoms with Crippen molar-refractivity contribution in [1.29, 1.82) is 0 Å². The van der Waals surface area contributed by atoms with Crippen LogP contribution in [-0.4, -0.2) is 21.9 Å². The largest absolute Gasteiger partial charge is 0.504 e. The van der Waals surface area contributed by atoms with E-state index in [2.05, 4.69) is 0 Å². The SMILES string of the molecule is CC(C)(C)c1ccc(OS(=O)(=O)Oc2ccc3c(S(=O)(=O)Oc4ccc(C(C)(C)C)cc4)cccc3c2O)cc1. The number of phenols is 1. The molecule has 0 saturated heterocycles. The smallest absolute Gasteiger partial charge is 0.501 e. The highest BCUT2D eigenvalue weighted by atomic mass is 32.3. The lowest BCUT2D eigenvalue weighted by molar-refractivity contribution is 0.377. The maximum Gasteiger partial charge on any atom is 0.501 e. The molecule has 0 spiro atoms. The first-order valence-corrected chi connectivity index (χ1v) is 15.2. The molecule has 0 atom stereocenters. The summed E-state index contributed by atoms with van der Waals surface area (Å²) in [4.78, 5) is -0.204. The van der Waals surface area contributed by atoms with Crippen LogP contribution in [0.2, 0.25) is 0 Å². The molecule has 212 valence electrons. The van der Waals surface area contributed by atoms with Crippen LogP contribution in [0.5, 0.6) is 23.0 Å². The van der Waals surface area contributed by atoms with Gasteiger partial charge in [0.1, 0.15) is 16.4 Å². The van der Waals surface area contributed by atoms with Crippen molar-refractivity contribution in [2.24, 2.45) is 0 Å². The Morgan fingerprint density at radius 2 is 1.07 bits per heavy atom. The minimum absolute atomic E-state index is 0.0364. The van der Waals surface area contributed by atoms with Gasteiger partial charge in [0.05, 0.1) is 0 Å². The molecule has 0 aliphatic rings. The average Bonchev–Trinajstić information content (AvgIpc) is 2.84. The van der Waals surface area contributed by atoms with Gasteiger partial charge in [-0.1, -0.05) is 77.9 Å². The molecule has 0 amide bonds. The number of benzene rings is 4. The summed E-state index contributed by atoms with van der Waals surface area (Å²) in [6.07, 6.45) is 0.